The lowest BCUT2D eigenvalue weighted by molar-refractivity contribution is 0.0930. The molecule has 0 saturated carbocycles. The van der Waals surface area contributed by atoms with Gasteiger partial charge in [0.15, 0.2) is 17.3 Å². The Balaban J connectivity index is 1.81. The molecule has 1 aliphatic heterocycles. The summed E-state index contributed by atoms with van der Waals surface area (Å²) in [5.41, 5.74) is 6.33. The predicted octanol–water partition coefficient (Wildman–Crippen LogP) is 3.90. The third kappa shape index (κ3) is 3.84. The smallest absolute Gasteiger partial charge is 0.251 e. The monoisotopic (exact) mass is 424 g/mol. The highest BCUT2D eigenvalue weighted by molar-refractivity contribution is 6.00. The third-order valence-corrected chi connectivity index (χ3v) is 5.10. The van der Waals surface area contributed by atoms with Gasteiger partial charge in [0.1, 0.15) is 17.7 Å². The molecule has 2 heterocycles. The van der Waals surface area contributed by atoms with Gasteiger partial charge >= 0.3 is 0 Å². The van der Waals surface area contributed by atoms with E-state index in [9.17, 15) is 18.4 Å². The van der Waals surface area contributed by atoms with Crippen LogP contribution in [0.5, 0.6) is 11.5 Å². The lowest BCUT2D eigenvalue weighted by Crippen LogP contribution is -2.19. The molecule has 3 aromatic rings. The van der Waals surface area contributed by atoms with Crippen molar-refractivity contribution < 1.29 is 27.8 Å². The Hall–Kier alpha value is -3.81. The first-order valence-electron chi connectivity index (χ1n) is 9.51. The molecule has 4 rings (SSSR count). The number of amides is 1. The summed E-state index contributed by atoms with van der Waals surface area (Å²) < 4.78 is 41.0. The van der Waals surface area contributed by atoms with E-state index < -0.39 is 23.6 Å². The lowest BCUT2D eigenvalue weighted by atomic mass is 9.98. The summed E-state index contributed by atoms with van der Waals surface area (Å²) in [6.07, 6.45) is 2.30. The highest BCUT2D eigenvalue weighted by Crippen LogP contribution is 2.40. The summed E-state index contributed by atoms with van der Waals surface area (Å²) >= 11 is 0. The Labute approximate surface area is 176 Å². The first kappa shape index (κ1) is 20.5. The van der Waals surface area contributed by atoms with Crippen molar-refractivity contribution in [2.45, 2.75) is 19.4 Å². The molecule has 0 spiro atoms. The van der Waals surface area contributed by atoms with Crippen LogP contribution in [0.3, 0.4) is 0 Å². The second-order valence-corrected chi connectivity index (χ2v) is 7.09. The van der Waals surface area contributed by atoms with Crippen LogP contribution in [0, 0.1) is 18.6 Å². The van der Waals surface area contributed by atoms with Crippen LogP contribution in [0.4, 0.5) is 8.78 Å². The van der Waals surface area contributed by atoms with E-state index in [2.05, 4.69) is 4.98 Å². The molecule has 1 aromatic heterocycles. The van der Waals surface area contributed by atoms with Gasteiger partial charge in [-0.3, -0.25) is 14.6 Å². The van der Waals surface area contributed by atoms with Gasteiger partial charge in [-0.25, -0.2) is 8.78 Å². The molecule has 0 unspecified atom stereocenters. The number of carbonyl (C=O) groups excluding carboxylic acids is 2. The Morgan fingerprint density at radius 3 is 2.55 bits per heavy atom. The van der Waals surface area contributed by atoms with Gasteiger partial charge in [-0.05, 0) is 48.4 Å². The zero-order valence-corrected chi connectivity index (χ0v) is 16.5. The van der Waals surface area contributed by atoms with Gasteiger partial charge in [0.2, 0.25) is 0 Å². The second-order valence-electron chi connectivity index (χ2n) is 7.09. The number of ketones is 1. The molecular formula is C23H18F2N2O4. The largest absolute Gasteiger partial charge is 0.492 e. The summed E-state index contributed by atoms with van der Waals surface area (Å²) in [4.78, 5) is 27.4. The fraction of sp³-hybridized carbons (Fsp3) is 0.174. The maximum absolute atomic E-state index is 15.0. The van der Waals surface area contributed by atoms with Crippen molar-refractivity contribution in [2.24, 2.45) is 5.73 Å². The van der Waals surface area contributed by atoms with E-state index in [-0.39, 0.29) is 41.4 Å². The van der Waals surface area contributed by atoms with Gasteiger partial charge < -0.3 is 15.2 Å². The van der Waals surface area contributed by atoms with Crippen LogP contribution < -0.4 is 15.2 Å². The van der Waals surface area contributed by atoms with Crippen molar-refractivity contribution in [3.63, 3.8) is 0 Å². The highest BCUT2D eigenvalue weighted by Gasteiger charge is 2.28. The van der Waals surface area contributed by atoms with E-state index in [0.29, 0.717) is 16.7 Å². The minimum atomic E-state index is -0.926. The van der Waals surface area contributed by atoms with Gasteiger partial charge in [0.05, 0.1) is 17.7 Å². The van der Waals surface area contributed by atoms with Crippen molar-refractivity contribution in [3.8, 4) is 11.5 Å². The molecule has 0 radical (unpaired) electrons. The fourth-order valence-corrected chi connectivity index (χ4v) is 3.54. The molecule has 8 heteroatoms. The number of halogens is 2. The highest BCUT2D eigenvalue weighted by atomic mass is 19.1. The first-order valence-corrected chi connectivity index (χ1v) is 9.51. The Bertz CT molecular complexity index is 1180. The molecular weight excluding hydrogens is 406 g/mol. The molecule has 0 bridgehead atoms. The van der Waals surface area contributed by atoms with Crippen LogP contribution in [0.25, 0.3) is 0 Å². The lowest BCUT2D eigenvalue weighted by Gasteiger charge is -2.25. The predicted molar refractivity (Wildman–Crippen MR) is 107 cm³/mol. The van der Waals surface area contributed by atoms with Crippen molar-refractivity contribution >= 4 is 11.7 Å². The number of carbonyl (C=O) groups is 2. The zero-order chi connectivity index (χ0) is 22.1. The molecule has 0 aliphatic carbocycles. The van der Waals surface area contributed by atoms with Crippen LogP contribution in [0.15, 0.2) is 48.8 Å². The molecule has 2 N–H and O–H groups in total. The first-order chi connectivity index (χ1) is 14.9. The van der Waals surface area contributed by atoms with Crippen molar-refractivity contribution in [2.75, 3.05) is 6.61 Å². The normalized spacial score (nSPS) is 13.8. The number of ether oxygens (including phenoxy) is 2. The number of rotatable bonds is 5. The molecule has 0 saturated heterocycles. The van der Waals surface area contributed by atoms with Crippen LogP contribution in [0.2, 0.25) is 0 Å². The molecule has 6 nitrogen and oxygen atoms in total. The van der Waals surface area contributed by atoms with E-state index in [1.54, 1.807) is 19.1 Å². The van der Waals surface area contributed by atoms with Gasteiger partial charge in [-0.2, -0.15) is 0 Å². The number of hydrogen-bond donors (Lipinski definition) is 1. The number of benzene rings is 2. The molecule has 31 heavy (non-hydrogen) atoms. The summed E-state index contributed by atoms with van der Waals surface area (Å²) in [5, 5.41) is 0. The summed E-state index contributed by atoms with van der Waals surface area (Å²) in [5.74, 6) is -2.49. The summed E-state index contributed by atoms with van der Waals surface area (Å²) in [6, 6.07) is 8.26. The molecule has 2 aromatic carbocycles. The number of fused-ring (bicyclic) bond motifs is 1. The quantitative estimate of drug-likeness (QED) is 0.671. The number of nitrogens with zero attached hydrogens (tertiary/aromatic N) is 1. The standard InChI is InChI=1S/C23H18F2N2O4/c1-12-20-16(19(28)6-9-30-20)11-18(25)21(12)31-22(13-4-7-27-8-5-13)14-2-3-15(23(26)29)17(24)10-14/h2-5,7-8,10-11,22H,6,9H2,1H3,(H2,26,29)/t22-/m1/s1. The van der Waals surface area contributed by atoms with E-state index in [1.807, 2.05) is 0 Å². The van der Waals surface area contributed by atoms with Crippen LogP contribution in [0.1, 0.15) is 49.9 Å². The third-order valence-electron chi connectivity index (χ3n) is 5.10. The van der Waals surface area contributed by atoms with Gasteiger partial charge in [-0.15, -0.1) is 0 Å². The number of nitrogens with two attached hydrogens (primary N) is 1. The molecule has 158 valence electrons. The molecule has 1 amide bonds. The zero-order valence-electron chi connectivity index (χ0n) is 16.5. The topological polar surface area (TPSA) is 91.5 Å². The Kier molecular flexibility index (Phi) is 5.37. The van der Waals surface area contributed by atoms with Gasteiger partial charge in [0.25, 0.3) is 5.91 Å². The SMILES string of the molecule is Cc1c(O[C@H](c2ccncc2)c2ccc(C(N)=O)c(F)c2)c(F)cc2c1OCCC2=O. The fourth-order valence-electron chi connectivity index (χ4n) is 3.54. The molecule has 0 fully saturated rings. The average Bonchev–Trinajstić information content (AvgIpc) is 2.75. The number of pyridine rings is 1. The maximum Gasteiger partial charge on any atom is 0.251 e. The Morgan fingerprint density at radius 2 is 1.87 bits per heavy atom. The number of hydrogen-bond acceptors (Lipinski definition) is 5. The van der Waals surface area contributed by atoms with Crippen LogP contribution in [-0.2, 0) is 0 Å². The van der Waals surface area contributed by atoms with E-state index in [0.717, 1.165) is 12.1 Å². The molecule has 1 atom stereocenters. The maximum atomic E-state index is 15.0. The number of primary amides is 1. The number of Topliss-reactive ketones (excluding diaryl/α,β-unsaturated/α-hetero) is 1. The summed E-state index contributed by atoms with van der Waals surface area (Å²) in [7, 11) is 0. The van der Waals surface area contributed by atoms with Crippen molar-refractivity contribution in [1.29, 1.82) is 0 Å². The Morgan fingerprint density at radius 1 is 1.13 bits per heavy atom. The second kappa shape index (κ2) is 8.14. The minimum absolute atomic E-state index is 0.116. The van der Waals surface area contributed by atoms with Crippen LogP contribution in [-0.4, -0.2) is 23.3 Å². The van der Waals surface area contributed by atoms with E-state index in [1.165, 1.54) is 24.5 Å². The van der Waals surface area contributed by atoms with Gasteiger partial charge in [-0.1, -0.05) is 6.07 Å². The molecule has 1 aliphatic rings. The van der Waals surface area contributed by atoms with E-state index in [4.69, 9.17) is 15.2 Å². The minimum Gasteiger partial charge on any atom is -0.492 e. The van der Waals surface area contributed by atoms with Crippen molar-refractivity contribution in [3.05, 3.63) is 88.2 Å². The van der Waals surface area contributed by atoms with E-state index >= 15 is 0 Å². The average molecular weight is 424 g/mol. The van der Waals surface area contributed by atoms with Crippen LogP contribution >= 0.6 is 0 Å². The summed E-state index contributed by atoms with van der Waals surface area (Å²) in [6.45, 7) is 1.79. The van der Waals surface area contributed by atoms with Gasteiger partial charge in [0, 0.05) is 24.4 Å². The number of aromatic nitrogens is 1. The van der Waals surface area contributed by atoms with Crippen molar-refractivity contribution in [1.82, 2.24) is 4.98 Å².